The molecule has 5 rings (SSSR count). The van der Waals surface area contributed by atoms with E-state index in [0.29, 0.717) is 32.1 Å². The van der Waals surface area contributed by atoms with E-state index in [1.807, 2.05) is 7.05 Å². The van der Waals surface area contributed by atoms with Crippen LogP contribution in [0, 0.1) is 19.3 Å². The SMILES string of the molecule is COC(=O)CC(C)(C)CCN1CCC[C@H](N(Cc2cc(C)cc(C)c2)c2nnn(C)n2)c2cc3c(cc21)COC3. The minimum absolute atomic E-state index is 0.0824. The zero-order chi connectivity index (χ0) is 28.4. The van der Waals surface area contributed by atoms with E-state index in [0.717, 1.165) is 32.4 Å². The Bertz CT molecular complexity index is 1350. The first-order valence-electron chi connectivity index (χ1n) is 14.2. The number of aromatic nitrogens is 4. The van der Waals surface area contributed by atoms with Gasteiger partial charge in [-0.25, -0.2) is 0 Å². The molecule has 1 atom stereocenters. The lowest BCUT2D eigenvalue weighted by Crippen LogP contribution is -2.31. The van der Waals surface area contributed by atoms with Gasteiger partial charge in [0.05, 0.1) is 39.8 Å². The van der Waals surface area contributed by atoms with Gasteiger partial charge in [-0.3, -0.25) is 4.79 Å². The van der Waals surface area contributed by atoms with E-state index in [9.17, 15) is 4.79 Å². The number of esters is 1. The number of rotatable bonds is 9. The molecule has 0 unspecified atom stereocenters. The van der Waals surface area contributed by atoms with E-state index >= 15 is 0 Å². The Balaban J connectivity index is 1.52. The molecule has 3 aromatic rings. The van der Waals surface area contributed by atoms with Crippen LogP contribution in [0.25, 0.3) is 0 Å². The molecule has 0 bridgehead atoms. The van der Waals surface area contributed by atoms with Crippen LogP contribution in [0.5, 0.6) is 0 Å². The highest BCUT2D eigenvalue weighted by atomic mass is 16.5. The van der Waals surface area contributed by atoms with Crippen molar-refractivity contribution < 1.29 is 14.3 Å². The molecule has 0 radical (unpaired) electrons. The molecule has 2 aliphatic heterocycles. The highest BCUT2D eigenvalue weighted by Gasteiger charge is 2.33. The fraction of sp³-hybridized carbons (Fsp3) is 0.548. The monoisotopic (exact) mass is 546 g/mol. The molecule has 0 saturated heterocycles. The topological polar surface area (TPSA) is 85.6 Å². The second-order valence-corrected chi connectivity index (χ2v) is 12.2. The Morgan fingerprint density at radius 2 is 1.85 bits per heavy atom. The van der Waals surface area contributed by atoms with Crippen molar-refractivity contribution >= 4 is 17.6 Å². The van der Waals surface area contributed by atoms with Crippen LogP contribution in [0.3, 0.4) is 0 Å². The molecule has 0 amide bonds. The van der Waals surface area contributed by atoms with Gasteiger partial charge in [-0.15, -0.1) is 5.10 Å². The Labute approximate surface area is 237 Å². The van der Waals surface area contributed by atoms with Gasteiger partial charge in [-0.1, -0.05) is 48.3 Å². The minimum atomic E-state index is -0.158. The molecular formula is C31H42N6O3. The lowest BCUT2D eigenvalue weighted by molar-refractivity contribution is -0.142. The normalized spacial score (nSPS) is 16.9. The molecule has 0 spiro atoms. The maximum atomic E-state index is 12.0. The van der Waals surface area contributed by atoms with Gasteiger partial charge < -0.3 is 19.3 Å². The van der Waals surface area contributed by atoms with Crippen molar-refractivity contribution in [1.29, 1.82) is 0 Å². The number of aryl methyl sites for hydroxylation is 3. The first-order chi connectivity index (χ1) is 19.1. The molecule has 0 aliphatic carbocycles. The summed E-state index contributed by atoms with van der Waals surface area (Å²) in [4.78, 5) is 18.4. The summed E-state index contributed by atoms with van der Waals surface area (Å²) in [6.07, 6.45) is 3.30. The lowest BCUT2D eigenvalue weighted by Gasteiger charge is -2.34. The molecule has 9 nitrogen and oxygen atoms in total. The Morgan fingerprint density at radius 3 is 2.52 bits per heavy atom. The molecule has 2 aliphatic rings. The highest BCUT2D eigenvalue weighted by Crippen LogP contribution is 2.42. The van der Waals surface area contributed by atoms with Gasteiger partial charge in [0.15, 0.2) is 0 Å². The number of anilines is 2. The highest BCUT2D eigenvalue weighted by molar-refractivity contribution is 5.70. The van der Waals surface area contributed by atoms with Gasteiger partial charge in [0, 0.05) is 25.3 Å². The zero-order valence-electron chi connectivity index (χ0n) is 24.7. The van der Waals surface area contributed by atoms with E-state index in [2.05, 4.69) is 83.2 Å². The number of benzene rings is 2. The number of fused-ring (bicyclic) bond motifs is 2. The van der Waals surface area contributed by atoms with Crippen LogP contribution >= 0.6 is 0 Å². The van der Waals surface area contributed by atoms with Crippen LogP contribution in [0.1, 0.15) is 79.0 Å². The van der Waals surface area contributed by atoms with Crippen LogP contribution < -0.4 is 9.80 Å². The van der Waals surface area contributed by atoms with Crippen LogP contribution in [-0.2, 0) is 41.1 Å². The summed E-state index contributed by atoms with van der Waals surface area (Å²) in [5.74, 6) is 0.483. The third kappa shape index (κ3) is 6.30. The average Bonchev–Trinajstić information content (AvgIpc) is 3.50. The summed E-state index contributed by atoms with van der Waals surface area (Å²) in [5.41, 5.74) is 8.63. The minimum Gasteiger partial charge on any atom is -0.469 e. The van der Waals surface area contributed by atoms with Crippen molar-refractivity contribution in [2.75, 3.05) is 30.0 Å². The number of hydrogen-bond acceptors (Lipinski definition) is 8. The van der Waals surface area contributed by atoms with Crippen LogP contribution in [-0.4, -0.2) is 46.4 Å². The predicted molar refractivity (Wildman–Crippen MR) is 155 cm³/mol. The second-order valence-electron chi connectivity index (χ2n) is 12.2. The first kappa shape index (κ1) is 28.1. The summed E-state index contributed by atoms with van der Waals surface area (Å²) in [6, 6.07) is 11.5. The maximum Gasteiger partial charge on any atom is 0.306 e. The fourth-order valence-corrected chi connectivity index (χ4v) is 6.14. The van der Waals surface area contributed by atoms with Crippen LogP contribution in [0.15, 0.2) is 30.3 Å². The number of ether oxygens (including phenoxy) is 2. The first-order valence-corrected chi connectivity index (χ1v) is 14.2. The van der Waals surface area contributed by atoms with Crippen molar-refractivity contribution in [2.24, 2.45) is 12.5 Å². The van der Waals surface area contributed by atoms with Crippen LogP contribution in [0.2, 0.25) is 0 Å². The third-order valence-corrected chi connectivity index (χ3v) is 8.14. The van der Waals surface area contributed by atoms with Gasteiger partial charge in [0.1, 0.15) is 0 Å². The van der Waals surface area contributed by atoms with Gasteiger partial charge in [0.2, 0.25) is 0 Å². The summed E-state index contributed by atoms with van der Waals surface area (Å²) in [6.45, 7) is 12.4. The van der Waals surface area contributed by atoms with Gasteiger partial charge in [0.25, 0.3) is 5.95 Å². The Kier molecular flexibility index (Phi) is 8.12. The summed E-state index contributed by atoms with van der Waals surface area (Å²) in [5, 5.41) is 13.3. The summed E-state index contributed by atoms with van der Waals surface area (Å²) >= 11 is 0. The number of hydrogen-bond donors (Lipinski definition) is 0. The van der Waals surface area contributed by atoms with E-state index in [1.165, 1.54) is 51.0 Å². The van der Waals surface area contributed by atoms with Crippen molar-refractivity contribution in [3.8, 4) is 0 Å². The standard InChI is InChI=1S/C31H42N6O3/c1-21-12-22(2)14-23(13-21)18-37(30-32-34-35(5)33-30)27-8-7-10-36(11-9-31(3,4)17-29(38)39-6)28-16-25-20-40-19-24(25)15-26(27)28/h12-16,27H,7-11,17-20H2,1-6H3/t27-/m0/s1. The smallest absolute Gasteiger partial charge is 0.306 e. The lowest BCUT2D eigenvalue weighted by atomic mass is 9.85. The van der Waals surface area contributed by atoms with Gasteiger partial charge >= 0.3 is 5.97 Å². The molecule has 214 valence electrons. The van der Waals surface area contributed by atoms with Gasteiger partial charge in [-0.05, 0) is 78.1 Å². The Hall–Kier alpha value is -3.46. The molecule has 0 N–H and O–H groups in total. The second kappa shape index (κ2) is 11.6. The van der Waals surface area contributed by atoms with Crippen LogP contribution in [0.4, 0.5) is 11.6 Å². The van der Waals surface area contributed by atoms with Crippen molar-refractivity contribution in [3.05, 3.63) is 63.7 Å². The quantitative estimate of drug-likeness (QED) is 0.339. The molecule has 3 heterocycles. The van der Waals surface area contributed by atoms with E-state index in [1.54, 1.807) is 0 Å². The number of methoxy groups -OCH3 is 1. The predicted octanol–water partition coefficient (Wildman–Crippen LogP) is 5.18. The zero-order valence-corrected chi connectivity index (χ0v) is 24.7. The number of nitrogens with zero attached hydrogens (tertiary/aromatic N) is 6. The van der Waals surface area contributed by atoms with E-state index in [-0.39, 0.29) is 17.4 Å². The van der Waals surface area contributed by atoms with Crippen molar-refractivity contribution in [1.82, 2.24) is 20.2 Å². The largest absolute Gasteiger partial charge is 0.469 e. The van der Waals surface area contributed by atoms with E-state index < -0.39 is 0 Å². The molecule has 9 heteroatoms. The summed E-state index contributed by atoms with van der Waals surface area (Å²) < 4.78 is 10.8. The molecule has 0 fully saturated rings. The molecule has 0 saturated carbocycles. The third-order valence-electron chi connectivity index (χ3n) is 8.14. The molecular weight excluding hydrogens is 504 g/mol. The number of carbonyl (C=O) groups excluding carboxylic acids is 1. The summed E-state index contributed by atoms with van der Waals surface area (Å²) in [7, 11) is 3.27. The van der Waals surface area contributed by atoms with Gasteiger partial charge in [-0.2, -0.15) is 4.80 Å². The van der Waals surface area contributed by atoms with E-state index in [4.69, 9.17) is 9.47 Å². The molecule has 40 heavy (non-hydrogen) atoms. The van der Waals surface area contributed by atoms with Crippen molar-refractivity contribution in [3.63, 3.8) is 0 Å². The van der Waals surface area contributed by atoms with Crippen molar-refractivity contribution in [2.45, 2.75) is 79.2 Å². The average molecular weight is 547 g/mol. The number of tetrazole rings is 1. The maximum absolute atomic E-state index is 12.0. The molecule has 2 aromatic carbocycles. The Morgan fingerprint density at radius 1 is 1.12 bits per heavy atom. The molecule has 1 aromatic heterocycles. The number of carbonyl (C=O) groups is 1. The fourth-order valence-electron chi connectivity index (χ4n) is 6.14.